The molecule has 0 saturated carbocycles. The SMILES string of the molecule is OC([CH]Cc1ccc2ccccc2c1)CF. The van der Waals surface area contributed by atoms with Crippen LogP contribution in [-0.4, -0.2) is 17.9 Å². The highest BCUT2D eigenvalue weighted by molar-refractivity contribution is 5.83. The van der Waals surface area contributed by atoms with E-state index in [4.69, 9.17) is 5.11 Å². The number of halogens is 1. The summed E-state index contributed by atoms with van der Waals surface area (Å²) in [5.41, 5.74) is 1.09. The van der Waals surface area contributed by atoms with Crippen LogP contribution in [0.15, 0.2) is 42.5 Å². The van der Waals surface area contributed by atoms with Crippen LogP contribution in [0.25, 0.3) is 10.8 Å². The normalized spacial score (nSPS) is 12.9. The van der Waals surface area contributed by atoms with Gasteiger partial charge < -0.3 is 5.11 Å². The maximum Gasteiger partial charge on any atom is 0.116 e. The van der Waals surface area contributed by atoms with Crippen molar-refractivity contribution in [2.75, 3.05) is 6.67 Å². The van der Waals surface area contributed by atoms with Crippen molar-refractivity contribution in [3.63, 3.8) is 0 Å². The maximum atomic E-state index is 12.1. The first kappa shape index (κ1) is 11.1. The van der Waals surface area contributed by atoms with E-state index in [0.29, 0.717) is 6.42 Å². The van der Waals surface area contributed by atoms with Gasteiger partial charge in [-0.05, 0) is 29.2 Å². The molecule has 1 unspecified atom stereocenters. The molecule has 2 aromatic carbocycles. The third-order valence-corrected chi connectivity index (χ3v) is 2.60. The van der Waals surface area contributed by atoms with Gasteiger partial charge in [-0.2, -0.15) is 0 Å². The molecule has 0 aliphatic carbocycles. The second-order valence-corrected chi connectivity index (χ2v) is 3.84. The fourth-order valence-corrected chi connectivity index (χ4v) is 1.70. The molecule has 0 aliphatic heterocycles. The van der Waals surface area contributed by atoms with Crippen LogP contribution < -0.4 is 0 Å². The molecule has 1 radical (unpaired) electrons. The Bertz CT molecular complexity index is 467. The molecule has 1 nitrogen and oxygen atoms in total. The Morgan fingerprint density at radius 1 is 1.12 bits per heavy atom. The molecule has 0 aromatic heterocycles. The third kappa shape index (κ3) is 2.58. The van der Waals surface area contributed by atoms with Gasteiger partial charge in [0, 0.05) is 0 Å². The van der Waals surface area contributed by atoms with Gasteiger partial charge >= 0.3 is 0 Å². The lowest BCUT2D eigenvalue weighted by Gasteiger charge is -2.06. The van der Waals surface area contributed by atoms with Crippen molar-refractivity contribution in [1.82, 2.24) is 0 Å². The van der Waals surface area contributed by atoms with Crippen molar-refractivity contribution in [2.45, 2.75) is 12.5 Å². The topological polar surface area (TPSA) is 20.2 Å². The van der Waals surface area contributed by atoms with E-state index in [1.165, 1.54) is 10.8 Å². The van der Waals surface area contributed by atoms with Crippen molar-refractivity contribution >= 4 is 10.8 Å². The van der Waals surface area contributed by atoms with Crippen molar-refractivity contribution in [3.8, 4) is 0 Å². The molecule has 0 fully saturated rings. The van der Waals surface area contributed by atoms with E-state index in [2.05, 4.69) is 12.1 Å². The summed E-state index contributed by atoms with van der Waals surface area (Å²) >= 11 is 0. The van der Waals surface area contributed by atoms with Gasteiger partial charge in [0.1, 0.15) is 6.67 Å². The lowest BCUT2D eigenvalue weighted by molar-refractivity contribution is 0.167. The Hall–Kier alpha value is -1.41. The van der Waals surface area contributed by atoms with E-state index in [1.54, 1.807) is 6.42 Å². The van der Waals surface area contributed by atoms with E-state index in [0.717, 1.165) is 5.56 Å². The summed E-state index contributed by atoms with van der Waals surface area (Å²) in [6.45, 7) is -0.715. The van der Waals surface area contributed by atoms with Crippen molar-refractivity contribution in [2.24, 2.45) is 0 Å². The van der Waals surface area contributed by atoms with Gasteiger partial charge in [0.25, 0.3) is 0 Å². The summed E-state index contributed by atoms with van der Waals surface area (Å²) in [4.78, 5) is 0. The summed E-state index contributed by atoms with van der Waals surface area (Å²) in [5.74, 6) is 0. The minimum Gasteiger partial charge on any atom is -0.390 e. The average Bonchev–Trinajstić information content (AvgIpc) is 2.35. The quantitative estimate of drug-likeness (QED) is 0.834. The highest BCUT2D eigenvalue weighted by Crippen LogP contribution is 2.16. The molecular formula is C14H14FO. The van der Waals surface area contributed by atoms with Crippen LogP contribution in [0, 0.1) is 6.42 Å². The number of aliphatic hydroxyl groups excluding tert-OH is 1. The molecule has 0 amide bonds. The fourth-order valence-electron chi connectivity index (χ4n) is 1.70. The predicted molar refractivity (Wildman–Crippen MR) is 63.9 cm³/mol. The Balaban J connectivity index is 2.13. The van der Waals surface area contributed by atoms with Gasteiger partial charge in [-0.25, -0.2) is 4.39 Å². The zero-order valence-electron chi connectivity index (χ0n) is 8.94. The molecule has 1 atom stereocenters. The summed E-state index contributed by atoms with van der Waals surface area (Å²) in [6, 6.07) is 14.2. The van der Waals surface area contributed by atoms with Crippen LogP contribution in [0.2, 0.25) is 0 Å². The monoisotopic (exact) mass is 217 g/mol. The third-order valence-electron chi connectivity index (χ3n) is 2.60. The molecular weight excluding hydrogens is 203 g/mol. The Labute approximate surface area is 94.5 Å². The number of hydrogen-bond donors (Lipinski definition) is 1. The zero-order chi connectivity index (χ0) is 11.4. The standard InChI is InChI=1S/C14H14FO/c15-10-14(16)8-6-11-5-7-12-3-1-2-4-13(12)9-11/h1-5,7-9,14,16H,6,10H2. The molecule has 83 valence electrons. The second-order valence-electron chi connectivity index (χ2n) is 3.84. The van der Waals surface area contributed by atoms with Gasteiger partial charge in [-0.1, -0.05) is 42.5 Å². The van der Waals surface area contributed by atoms with Crippen LogP contribution in [0.4, 0.5) is 4.39 Å². The molecule has 1 N–H and O–H groups in total. The van der Waals surface area contributed by atoms with Gasteiger partial charge in [0.15, 0.2) is 0 Å². The highest BCUT2D eigenvalue weighted by Gasteiger charge is 2.04. The van der Waals surface area contributed by atoms with Gasteiger partial charge in [-0.15, -0.1) is 0 Å². The molecule has 2 aromatic rings. The summed E-state index contributed by atoms with van der Waals surface area (Å²) in [6.07, 6.45) is 1.23. The largest absolute Gasteiger partial charge is 0.390 e. The smallest absolute Gasteiger partial charge is 0.116 e. The van der Waals surface area contributed by atoms with E-state index in [9.17, 15) is 4.39 Å². The van der Waals surface area contributed by atoms with Crippen LogP contribution in [0.3, 0.4) is 0 Å². The number of aliphatic hydroxyl groups is 1. The van der Waals surface area contributed by atoms with Crippen LogP contribution in [0.1, 0.15) is 5.56 Å². The van der Waals surface area contributed by atoms with Gasteiger partial charge in [0.05, 0.1) is 6.10 Å². The molecule has 2 rings (SSSR count). The van der Waals surface area contributed by atoms with Crippen LogP contribution in [-0.2, 0) is 6.42 Å². The van der Waals surface area contributed by atoms with E-state index < -0.39 is 12.8 Å². The first-order chi connectivity index (χ1) is 7.79. The molecule has 0 heterocycles. The van der Waals surface area contributed by atoms with E-state index in [1.807, 2.05) is 30.3 Å². The van der Waals surface area contributed by atoms with Crippen molar-refractivity contribution in [1.29, 1.82) is 0 Å². The minimum atomic E-state index is -0.952. The Kier molecular flexibility index (Phi) is 3.52. The fraction of sp³-hybridized carbons (Fsp3) is 0.214. The summed E-state index contributed by atoms with van der Waals surface area (Å²) < 4.78 is 12.1. The van der Waals surface area contributed by atoms with E-state index >= 15 is 0 Å². The van der Waals surface area contributed by atoms with Crippen molar-refractivity contribution < 1.29 is 9.50 Å². The van der Waals surface area contributed by atoms with Gasteiger partial charge in [-0.3, -0.25) is 0 Å². The number of fused-ring (bicyclic) bond motifs is 1. The van der Waals surface area contributed by atoms with Crippen molar-refractivity contribution in [3.05, 3.63) is 54.4 Å². The number of hydrogen-bond acceptors (Lipinski definition) is 1. The van der Waals surface area contributed by atoms with Crippen LogP contribution >= 0.6 is 0 Å². The molecule has 16 heavy (non-hydrogen) atoms. The molecule has 0 bridgehead atoms. The molecule has 2 heteroatoms. The first-order valence-corrected chi connectivity index (χ1v) is 5.34. The summed E-state index contributed by atoms with van der Waals surface area (Å²) in [7, 11) is 0. The number of benzene rings is 2. The molecule has 0 spiro atoms. The maximum absolute atomic E-state index is 12.1. The zero-order valence-corrected chi connectivity index (χ0v) is 8.94. The number of rotatable bonds is 4. The lowest BCUT2D eigenvalue weighted by atomic mass is 10.0. The Morgan fingerprint density at radius 3 is 2.62 bits per heavy atom. The minimum absolute atomic E-state index is 0.593. The first-order valence-electron chi connectivity index (χ1n) is 5.34. The second kappa shape index (κ2) is 5.08. The van der Waals surface area contributed by atoms with Crippen LogP contribution in [0.5, 0.6) is 0 Å². The number of alkyl halides is 1. The molecule has 0 aliphatic rings. The Morgan fingerprint density at radius 2 is 1.88 bits per heavy atom. The van der Waals surface area contributed by atoms with Gasteiger partial charge in [0.2, 0.25) is 0 Å². The molecule has 0 saturated heterocycles. The highest BCUT2D eigenvalue weighted by atomic mass is 19.1. The lowest BCUT2D eigenvalue weighted by Crippen LogP contribution is -2.10. The predicted octanol–water partition coefficient (Wildman–Crippen LogP) is 2.92. The van der Waals surface area contributed by atoms with E-state index in [-0.39, 0.29) is 0 Å². The summed E-state index contributed by atoms with van der Waals surface area (Å²) in [5, 5.41) is 11.5. The average molecular weight is 217 g/mol.